The molecule has 0 atom stereocenters. The van der Waals surface area contributed by atoms with Gasteiger partial charge in [-0.2, -0.15) is 10.4 Å². The normalized spacial score (nSPS) is 11.2. The van der Waals surface area contributed by atoms with Gasteiger partial charge in [-0.25, -0.2) is 4.98 Å². The first-order valence-corrected chi connectivity index (χ1v) is 6.94. The Labute approximate surface area is 123 Å². The molecule has 0 unspecified atom stereocenters. The quantitative estimate of drug-likeness (QED) is 0.723. The summed E-state index contributed by atoms with van der Waals surface area (Å²) in [5, 5.41) is 13.4. The van der Waals surface area contributed by atoms with Gasteiger partial charge in [0, 0.05) is 18.8 Å². The van der Waals surface area contributed by atoms with Crippen LogP contribution in [0.15, 0.2) is 24.4 Å². The van der Waals surface area contributed by atoms with Gasteiger partial charge in [-0.1, -0.05) is 0 Å². The Balaban J connectivity index is 2.34. The predicted molar refractivity (Wildman–Crippen MR) is 81.8 cm³/mol. The fourth-order valence-electron chi connectivity index (χ4n) is 2.60. The van der Waals surface area contributed by atoms with Crippen molar-refractivity contribution in [3.63, 3.8) is 0 Å². The topological polar surface area (TPSA) is 59.4 Å². The van der Waals surface area contributed by atoms with Crippen LogP contribution in [-0.2, 0) is 7.05 Å². The van der Waals surface area contributed by atoms with Crippen molar-refractivity contribution < 1.29 is 0 Å². The van der Waals surface area contributed by atoms with Crippen molar-refractivity contribution in [2.45, 2.75) is 26.8 Å². The molecule has 1 aromatic carbocycles. The lowest BCUT2D eigenvalue weighted by Gasteiger charge is -2.12. The lowest BCUT2D eigenvalue weighted by Crippen LogP contribution is -2.03. The Hall–Kier alpha value is -2.61. The predicted octanol–water partition coefficient (Wildman–Crippen LogP) is 3.20. The van der Waals surface area contributed by atoms with Crippen LogP contribution in [0.4, 0.5) is 0 Å². The zero-order chi connectivity index (χ0) is 15.1. The van der Waals surface area contributed by atoms with E-state index in [2.05, 4.69) is 29.6 Å². The van der Waals surface area contributed by atoms with Gasteiger partial charge >= 0.3 is 0 Å². The number of rotatable bonds is 2. The highest BCUT2D eigenvalue weighted by Gasteiger charge is 2.18. The molecule has 0 aliphatic rings. The number of imidazole rings is 1. The summed E-state index contributed by atoms with van der Waals surface area (Å²) in [7, 11) is 1.93. The third-order valence-electron chi connectivity index (χ3n) is 3.81. The molecule has 0 radical (unpaired) electrons. The second-order valence-corrected chi connectivity index (χ2v) is 5.48. The van der Waals surface area contributed by atoms with Crippen LogP contribution in [0.3, 0.4) is 0 Å². The van der Waals surface area contributed by atoms with Crippen LogP contribution < -0.4 is 0 Å². The van der Waals surface area contributed by atoms with E-state index in [-0.39, 0.29) is 6.04 Å². The zero-order valence-corrected chi connectivity index (χ0v) is 12.6. The van der Waals surface area contributed by atoms with Crippen LogP contribution in [0.5, 0.6) is 0 Å². The number of nitrogens with zero attached hydrogens (tertiary/aromatic N) is 5. The summed E-state index contributed by atoms with van der Waals surface area (Å²) in [6, 6.07) is 8.08. The Morgan fingerprint density at radius 1 is 1.29 bits per heavy atom. The van der Waals surface area contributed by atoms with Gasteiger partial charge in [-0.15, -0.1) is 0 Å². The zero-order valence-electron chi connectivity index (χ0n) is 12.6. The second kappa shape index (κ2) is 4.74. The van der Waals surface area contributed by atoms with Gasteiger partial charge in [0.1, 0.15) is 5.82 Å². The van der Waals surface area contributed by atoms with Crippen molar-refractivity contribution in [1.82, 2.24) is 19.3 Å². The molecule has 5 nitrogen and oxygen atoms in total. The Morgan fingerprint density at radius 3 is 2.62 bits per heavy atom. The molecule has 0 saturated carbocycles. The Kier molecular flexibility index (Phi) is 3.02. The number of nitriles is 1. The summed E-state index contributed by atoms with van der Waals surface area (Å²) in [5.74, 6) is 0.903. The van der Waals surface area contributed by atoms with Crippen LogP contribution >= 0.6 is 0 Å². The van der Waals surface area contributed by atoms with Crippen LogP contribution in [0.1, 0.15) is 31.1 Å². The first-order chi connectivity index (χ1) is 10.0. The van der Waals surface area contributed by atoms with E-state index in [4.69, 9.17) is 10.2 Å². The minimum atomic E-state index is 0.276. The summed E-state index contributed by atoms with van der Waals surface area (Å²) >= 11 is 0. The van der Waals surface area contributed by atoms with E-state index >= 15 is 0 Å². The number of hydrogen-bond acceptors (Lipinski definition) is 3. The minimum Gasteiger partial charge on any atom is -0.321 e. The number of fused-ring (bicyclic) bond motifs is 1. The average molecular weight is 279 g/mol. The lowest BCUT2D eigenvalue weighted by atomic mass is 10.2. The Morgan fingerprint density at radius 2 is 2.05 bits per heavy atom. The van der Waals surface area contributed by atoms with Gasteiger partial charge < -0.3 is 4.57 Å². The molecule has 3 rings (SSSR count). The SMILES string of the molecule is Cc1c(-c2nc3cc(C#N)ccc3n2C(C)C)cnn1C. The third kappa shape index (κ3) is 2.00. The smallest absolute Gasteiger partial charge is 0.144 e. The van der Waals surface area contributed by atoms with Crippen molar-refractivity contribution in [2.75, 3.05) is 0 Å². The Bertz CT molecular complexity index is 861. The molecule has 3 aromatic rings. The van der Waals surface area contributed by atoms with Crippen LogP contribution in [0.25, 0.3) is 22.4 Å². The van der Waals surface area contributed by atoms with E-state index < -0.39 is 0 Å². The van der Waals surface area contributed by atoms with Gasteiger partial charge in [0.15, 0.2) is 0 Å². The standard InChI is InChI=1S/C16H17N5/c1-10(2)21-15-6-5-12(8-17)7-14(15)19-16(21)13-9-18-20(4)11(13)3/h5-7,9-10H,1-4H3. The first-order valence-electron chi connectivity index (χ1n) is 6.94. The summed E-state index contributed by atoms with van der Waals surface area (Å²) in [6.45, 7) is 6.30. The van der Waals surface area contributed by atoms with Gasteiger partial charge in [0.25, 0.3) is 0 Å². The molecule has 106 valence electrons. The van der Waals surface area contributed by atoms with Crippen molar-refractivity contribution >= 4 is 11.0 Å². The van der Waals surface area contributed by atoms with Crippen LogP contribution in [0, 0.1) is 18.3 Å². The molecular formula is C16H17N5. The molecule has 0 aliphatic carbocycles. The van der Waals surface area contributed by atoms with E-state index in [0.29, 0.717) is 5.56 Å². The van der Waals surface area contributed by atoms with Crippen molar-refractivity contribution in [1.29, 1.82) is 5.26 Å². The summed E-state index contributed by atoms with van der Waals surface area (Å²) < 4.78 is 4.04. The van der Waals surface area contributed by atoms with Crippen molar-refractivity contribution in [3.05, 3.63) is 35.7 Å². The first kappa shape index (κ1) is 13.4. The molecule has 21 heavy (non-hydrogen) atoms. The fourth-order valence-corrected chi connectivity index (χ4v) is 2.60. The van der Waals surface area contributed by atoms with Crippen LogP contribution in [0.2, 0.25) is 0 Å². The molecule has 0 spiro atoms. The monoisotopic (exact) mass is 279 g/mol. The number of hydrogen-bond donors (Lipinski definition) is 0. The third-order valence-corrected chi connectivity index (χ3v) is 3.81. The minimum absolute atomic E-state index is 0.276. The maximum absolute atomic E-state index is 9.05. The van der Waals surface area contributed by atoms with Crippen molar-refractivity contribution in [3.8, 4) is 17.5 Å². The molecule has 2 aromatic heterocycles. The highest BCUT2D eigenvalue weighted by Crippen LogP contribution is 2.30. The number of benzene rings is 1. The molecule has 0 N–H and O–H groups in total. The van der Waals surface area contributed by atoms with E-state index in [9.17, 15) is 0 Å². The molecule has 2 heterocycles. The van der Waals surface area contributed by atoms with Gasteiger partial charge in [0.05, 0.1) is 34.4 Å². The molecule has 5 heteroatoms. The van der Waals surface area contributed by atoms with E-state index in [0.717, 1.165) is 28.1 Å². The molecule has 0 bridgehead atoms. The summed E-state index contributed by atoms with van der Waals surface area (Å²) in [5.41, 5.74) is 4.63. The fraction of sp³-hybridized carbons (Fsp3) is 0.312. The molecular weight excluding hydrogens is 262 g/mol. The largest absolute Gasteiger partial charge is 0.321 e. The molecule has 0 aliphatic heterocycles. The molecule has 0 saturated heterocycles. The van der Waals surface area contributed by atoms with Gasteiger partial charge in [0.2, 0.25) is 0 Å². The van der Waals surface area contributed by atoms with Crippen molar-refractivity contribution in [2.24, 2.45) is 7.05 Å². The van der Waals surface area contributed by atoms with E-state index in [1.54, 1.807) is 0 Å². The molecule has 0 fully saturated rings. The number of aromatic nitrogens is 4. The summed E-state index contributed by atoms with van der Waals surface area (Å²) in [4.78, 5) is 4.75. The van der Waals surface area contributed by atoms with E-state index in [1.807, 2.05) is 43.0 Å². The lowest BCUT2D eigenvalue weighted by molar-refractivity contribution is 0.624. The van der Waals surface area contributed by atoms with Gasteiger partial charge in [-0.3, -0.25) is 4.68 Å². The average Bonchev–Trinajstić information content (AvgIpc) is 2.99. The molecule has 0 amide bonds. The van der Waals surface area contributed by atoms with Crippen LogP contribution in [-0.4, -0.2) is 19.3 Å². The number of aryl methyl sites for hydroxylation is 1. The van der Waals surface area contributed by atoms with Gasteiger partial charge in [-0.05, 0) is 39.0 Å². The highest BCUT2D eigenvalue weighted by atomic mass is 15.3. The van der Waals surface area contributed by atoms with E-state index in [1.165, 1.54) is 0 Å². The summed E-state index contributed by atoms with van der Waals surface area (Å²) in [6.07, 6.45) is 1.85. The maximum atomic E-state index is 9.05. The second-order valence-electron chi connectivity index (χ2n) is 5.48. The highest BCUT2D eigenvalue weighted by molar-refractivity contribution is 5.82. The maximum Gasteiger partial charge on any atom is 0.144 e.